The summed E-state index contributed by atoms with van der Waals surface area (Å²) in [6, 6.07) is 3.23. The van der Waals surface area contributed by atoms with Gasteiger partial charge in [-0.05, 0) is 29.7 Å². The fourth-order valence-electron chi connectivity index (χ4n) is 1.37. The topological polar surface area (TPSA) is 63.3 Å². The van der Waals surface area contributed by atoms with E-state index in [9.17, 15) is 18.0 Å². The zero-order valence-corrected chi connectivity index (χ0v) is 9.37. The van der Waals surface area contributed by atoms with Gasteiger partial charge in [0.15, 0.2) is 0 Å². The Hall–Kier alpha value is -1.82. The molecule has 3 nitrogen and oxygen atoms in total. The molecule has 0 heterocycles. The monoisotopic (exact) mass is 259 g/mol. The van der Waals surface area contributed by atoms with Crippen molar-refractivity contribution in [3.63, 3.8) is 0 Å². The zero-order valence-electron chi connectivity index (χ0n) is 9.37. The number of carboxylic acids is 1. The summed E-state index contributed by atoms with van der Waals surface area (Å²) in [5, 5.41) is 8.61. The SMILES string of the molecule is C=C(C[C@H](N)C(=O)O)c1ccc(C(F)(F)F)cc1. The average molecular weight is 259 g/mol. The molecule has 1 atom stereocenters. The highest BCUT2D eigenvalue weighted by Crippen LogP contribution is 2.30. The second-order valence-electron chi connectivity index (χ2n) is 3.83. The van der Waals surface area contributed by atoms with Crippen LogP contribution in [0.5, 0.6) is 0 Å². The molecule has 0 bridgehead atoms. The standard InChI is InChI=1S/C12H12F3NO2/c1-7(6-10(16)11(17)18)8-2-4-9(5-3-8)12(13,14)15/h2-5,10H,1,6,16H2,(H,17,18)/t10-/m0/s1. The summed E-state index contributed by atoms with van der Waals surface area (Å²) in [7, 11) is 0. The van der Waals surface area contributed by atoms with Crippen LogP contribution in [0.3, 0.4) is 0 Å². The number of hydrogen-bond acceptors (Lipinski definition) is 2. The van der Waals surface area contributed by atoms with Crippen LogP contribution >= 0.6 is 0 Å². The smallest absolute Gasteiger partial charge is 0.416 e. The summed E-state index contributed by atoms with van der Waals surface area (Å²) in [5.41, 5.74) is 5.38. The molecule has 0 fully saturated rings. The number of rotatable bonds is 4. The van der Waals surface area contributed by atoms with Gasteiger partial charge in [-0.2, -0.15) is 13.2 Å². The Morgan fingerprint density at radius 2 is 1.83 bits per heavy atom. The van der Waals surface area contributed by atoms with Gasteiger partial charge >= 0.3 is 12.1 Å². The number of hydrogen-bond donors (Lipinski definition) is 2. The van der Waals surface area contributed by atoms with E-state index in [4.69, 9.17) is 10.8 Å². The van der Waals surface area contributed by atoms with Crippen LogP contribution in [0.25, 0.3) is 5.57 Å². The first-order valence-corrected chi connectivity index (χ1v) is 5.05. The van der Waals surface area contributed by atoms with Crippen molar-refractivity contribution in [2.45, 2.75) is 18.6 Å². The molecule has 0 saturated carbocycles. The van der Waals surface area contributed by atoms with Gasteiger partial charge in [-0.1, -0.05) is 18.7 Å². The van der Waals surface area contributed by atoms with Gasteiger partial charge in [0.05, 0.1) is 5.56 Å². The Balaban J connectivity index is 2.80. The molecule has 1 rings (SSSR count). The van der Waals surface area contributed by atoms with E-state index < -0.39 is 23.8 Å². The minimum Gasteiger partial charge on any atom is -0.480 e. The minimum atomic E-state index is -4.39. The van der Waals surface area contributed by atoms with E-state index in [1.807, 2.05) is 0 Å². The normalized spacial score (nSPS) is 13.1. The van der Waals surface area contributed by atoms with Gasteiger partial charge in [-0.15, -0.1) is 0 Å². The number of alkyl halides is 3. The molecule has 0 aliphatic rings. The maximum atomic E-state index is 12.3. The predicted octanol–water partition coefficient (Wildman–Crippen LogP) is 2.52. The van der Waals surface area contributed by atoms with Crippen LogP contribution in [0.2, 0.25) is 0 Å². The van der Waals surface area contributed by atoms with Crippen LogP contribution in [0, 0.1) is 0 Å². The highest BCUT2D eigenvalue weighted by atomic mass is 19.4. The van der Waals surface area contributed by atoms with Crippen molar-refractivity contribution in [2.24, 2.45) is 5.73 Å². The third kappa shape index (κ3) is 3.59. The van der Waals surface area contributed by atoms with Crippen molar-refractivity contribution in [2.75, 3.05) is 0 Å². The highest BCUT2D eigenvalue weighted by molar-refractivity contribution is 5.77. The summed E-state index contributed by atoms with van der Waals surface area (Å²) >= 11 is 0. The Morgan fingerprint density at radius 3 is 2.22 bits per heavy atom. The van der Waals surface area contributed by atoms with Crippen LogP contribution in [0.1, 0.15) is 17.5 Å². The number of carbonyl (C=O) groups is 1. The van der Waals surface area contributed by atoms with Gasteiger partial charge in [0.2, 0.25) is 0 Å². The van der Waals surface area contributed by atoms with Gasteiger partial charge < -0.3 is 10.8 Å². The van der Waals surface area contributed by atoms with Crippen molar-refractivity contribution < 1.29 is 23.1 Å². The molecule has 0 radical (unpaired) electrons. The summed E-state index contributed by atoms with van der Waals surface area (Å²) in [4.78, 5) is 10.5. The first-order chi connectivity index (χ1) is 8.21. The number of nitrogens with two attached hydrogens (primary N) is 1. The number of halogens is 3. The second kappa shape index (κ2) is 5.22. The molecule has 98 valence electrons. The molecule has 6 heteroatoms. The summed E-state index contributed by atoms with van der Waals surface area (Å²) in [6.07, 6.45) is -4.40. The lowest BCUT2D eigenvalue weighted by Gasteiger charge is -2.11. The molecule has 0 amide bonds. The fourth-order valence-corrected chi connectivity index (χ4v) is 1.37. The van der Waals surface area contributed by atoms with Crippen LogP contribution < -0.4 is 5.73 Å². The third-order valence-corrected chi connectivity index (χ3v) is 2.40. The number of carboxylic acid groups (broad SMARTS) is 1. The molecule has 3 N–H and O–H groups in total. The number of benzene rings is 1. The lowest BCUT2D eigenvalue weighted by molar-refractivity contribution is -0.138. The maximum absolute atomic E-state index is 12.3. The van der Waals surface area contributed by atoms with E-state index in [-0.39, 0.29) is 6.42 Å². The Kier molecular flexibility index (Phi) is 4.13. The lowest BCUT2D eigenvalue weighted by Crippen LogP contribution is -2.30. The van der Waals surface area contributed by atoms with E-state index in [0.29, 0.717) is 11.1 Å². The van der Waals surface area contributed by atoms with Crippen LogP contribution in [-0.2, 0) is 11.0 Å². The first kappa shape index (κ1) is 14.2. The van der Waals surface area contributed by atoms with E-state index in [1.165, 1.54) is 12.1 Å². The third-order valence-electron chi connectivity index (χ3n) is 2.40. The lowest BCUT2D eigenvalue weighted by atomic mass is 9.99. The summed E-state index contributed by atoms with van der Waals surface area (Å²) in [6.45, 7) is 3.61. The van der Waals surface area contributed by atoms with E-state index in [1.54, 1.807) is 0 Å². The van der Waals surface area contributed by atoms with Gasteiger partial charge in [0, 0.05) is 0 Å². The average Bonchev–Trinajstić information content (AvgIpc) is 2.27. The zero-order chi connectivity index (χ0) is 13.9. The molecule has 18 heavy (non-hydrogen) atoms. The summed E-state index contributed by atoms with van der Waals surface area (Å²) in [5.74, 6) is -1.18. The maximum Gasteiger partial charge on any atom is 0.416 e. The number of aliphatic carboxylic acids is 1. The Labute approximate surface area is 102 Å². The van der Waals surface area contributed by atoms with E-state index >= 15 is 0 Å². The quantitative estimate of drug-likeness (QED) is 0.873. The molecule has 1 aromatic carbocycles. The van der Waals surface area contributed by atoms with Crippen molar-refractivity contribution >= 4 is 11.5 Å². The first-order valence-electron chi connectivity index (χ1n) is 5.05. The van der Waals surface area contributed by atoms with Crippen molar-refractivity contribution in [1.29, 1.82) is 0 Å². The largest absolute Gasteiger partial charge is 0.480 e. The van der Waals surface area contributed by atoms with Crippen molar-refractivity contribution in [3.05, 3.63) is 42.0 Å². The molecule has 0 spiro atoms. The molecule has 0 aromatic heterocycles. The Bertz CT molecular complexity index is 451. The molecular formula is C12H12F3NO2. The second-order valence-corrected chi connectivity index (χ2v) is 3.83. The Morgan fingerprint density at radius 1 is 1.33 bits per heavy atom. The molecule has 0 aliphatic heterocycles. The van der Waals surface area contributed by atoms with E-state index in [0.717, 1.165) is 12.1 Å². The van der Waals surface area contributed by atoms with Crippen molar-refractivity contribution in [3.8, 4) is 0 Å². The van der Waals surface area contributed by atoms with Gasteiger partial charge in [0.1, 0.15) is 6.04 Å². The van der Waals surface area contributed by atoms with Crippen LogP contribution in [0.15, 0.2) is 30.8 Å². The molecule has 1 aromatic rings. The molecule has 0 aliphatic carbocycles. The van der Waals surface area contributed by atoms with Gasteiger partial charge in [-0.3, -0.25) is 4.79 Å². The van der Waals surface area contributed by atoms with Crippen molar-refractivity contribution in [1.82, 2.24) is 0 Å². The van der Waals surface area contributed by atoms with Gasteiger partial charge in [0.25, 0.3) is 0 Å². The van der Waals surface area contributed by atoms with Crippen LogP contribution in [0.4, 0.5) is 13.2 Å². The summed E-state index contributed by atoms with van der Waals surface area (Å²) < 4.78 is 36.9. The van der Waals surface area contributed by atoms with E-state index in [2.05, 4.69) is 6.58 Å². The molecule has 0 unspecified atom stereocenters. The predicted molar refractivity (Wildman–Crippen MR) is 60.7 cm³/mol. The van der Waals surface area contributed by atoms with Crippen LogP contribution in [-0.4, -0.2) is 17.1 Å². The minimum absolute atomic E-state index is 0.0132. The van der Waals surface area contributed by atoms with Gasteiger partial charge in [-0.25, -0.2) is 0 Å². The molecule has 0 saturated heterocycles. The highest BCUT2D eigenvalue weighted by Gasteiger charge is 2.30. The molecular weight excluding hydrogens is 247 g/mol. The fraction of sp³-hybridized carbons (Fsp3) is 0.250.